The average molecular weight is 250 g/mol. The maximum absolute atomic E-state index is 13.4. The van der Waals surface area contributed by atoms with Crippen LogP contribution in [0.5, 0.6) is 0 Å². The summed E-state index contributed by atoms with van der Waals surface area (Å²) in [6.07, 6.45) is 0.936. The van der Waals surface area contributed by atoms with E-state index in [2.05, 4.69) is 0 Å². The second-order valence-electron chi connectivity index (χ2n) is 3.22. The van der Waals surface area contributed by atoms with Crippen molar-refractivity contribution in [2.45, 2.75) is 0 Å². The Morgan fingerprint density at radius 3 is 2.44 bits per heavy atom. The number of nitrogens with zero attached hydrogens (tertiary/aromatic N) is 1. The van der Waals surface area contributed by atoms with Gasteiger partial charge in [0.15, 0.2) is 0 Å². The zero-order valence-electron chi connectivity index (χ0n) is 8.65. The first-order valence-corrected chi connectivity index (χ1v) is 6.34. The normalized spacial score (nSPS) is 11.5. The van der Waals surface area contributed by atoms with Crippen molar-refractivity contribution in [2.75, 3.05) is 23.7 Å². The molecule has 0 bridgehead atoms. The Morgan fingerprint density at radius 1 is 1.38 bits per heavy atom. The van der Waals surface area contributed by atoms with Crippen molar-refractivity contribution in [3.63, 3.8) is 0 Å². The molecule has 0 unspecified atom stereocenters. The lowest BCUT2D eigenvalue weighted by molar-refractivity contribution is 0.575. The number of halogens is 2. The number of sulfonamides is 1. The minimum atomic E-state index is -3.62. The van der Waals surface area contributed by atoms with Crippen LogP contribution in [0.15, 0.2) is 18.2 Å². The summed E-state index contributed by atoms with van der Waals surface area (Å²) in [4.78, 5) is 0. The summed E-state index contributed by atoms with van der Waals surface area (Å²) in [5, 5.41) is 0. The highest BCUT2D eigenvalue weighted by atomic mass is 32.2. The predicted octanol–water partition coefficient (Wildman–Crippen LogP) is 0.690. The first kappa shape index (κ1) is 12.9. The van der Waals surface area contributed by atoms with E-state index in [-0.39, 0.29) is 18.8 Å². The monoisotopic (exact) mass is 250 g/mol. The molecule has 0 aromatic heterocycles. The van der Waals surface area contributed by atoms with Crippen LogP contribution in [0.3, 0.4) is 0 Å². The van der Waals surface area contributed by atoms with Crippen LogP contribution >= 0.6 is 0 Å². The van der Waals surface area contributed by atoms with Gasteiger partial charge in [0.2, 0.25) is 10.0 Å². The van der Waals surface area contributed by atoms with Gasteiger partial charge in [0, 0.05) is 19.2 Å². The van der Waals surface area contributed by atoms with Crippen LogP contribution in [0.1, 0.15) is 0 Å². The minimum Gasteiger partial charge on any atom is -0.329 e. The van der Waals surface area contributed by atoms with Crippen LogP contribution in [-0.2, 0) is 10.0 Å². The first-order chi connectivity index (χ1) is 7.36. The molecule has 1 rings (SSSR count). The molecule has 4 nitrogen and oxygen atoms in total. The van der Waals surface area contributed by atoms with Gasteiger partial charge in [-0.3, -0.25) is 4.31 Å². The maximum Gasteiger partial charge on any atom is 0.232 e. The topological polar surface area (TPSA) is 63.4 Å². The van der Waals surface area contributed by atoms with Gasteiger partial charge in [0.25, 0.3) is 0 Å². The van der Waals surface area contributed by atoms with Crippen molar-refractivity contribution in [2.24, 2.45) is 5.73 Å². The van der Waals surface area contributed by atoms with Crippen molar-refractivity contribution in [1.82, 2.24) is 0 Å². The third kappa shape index (κ3) is 2.89. The van der Waals surface area contributed by atoms with E-state index in [0.717, 1.165) is 22.7 Å². The SMILES string of the molecule is CS(=O)(=O)N(CCN)c1ccc(F)cc1F. The van der Waals surface area contributed by atoms with Crippen molar-refractivity contribution in [3.8, 4) is 0 Å². The Balaban J connectivity index is 3.22. The predicted molar refractivity (Wildman–Crippen MR) is 57.6 cm³/mol. The van der Waals surface area contributed by atoms with Crippen molar-refractivity contribution in [3.05, 3.63) is 29.8 Å². The highest BCUT2D eigenvalue weighted by Crippen LogP contribution is 2.21. The largest absolute Gasteiger partial charge is 0.329 e. The molecule has 0 amide bonds. The summed E-state index contributed by atoms with van der Waals surface area (Å²) in [5.41, 5.74) is 5.04. The molecule has 7 heteroatoms. The van der Waals surface area contributed by atoms with E-state index in [1.165, 1.54) is 0 Å². The number of rotatable bonds is 4. The van der Waals surface area contributed by atoms with Gasteiger partial charge in [-0.2, -0.15) is 0 Å². The van der Waals surface area contributed by atoms with Crippen LogP contribution < -0.4 is 10.0 Å². The molecule has 0 radical (unpaired) electrons. The number of hydrogen-bond acceptors (Lipinski definition) is 3. The number of nitrogens with two attached hydrogens (primary N) is 1. The molecule has 0 aliphatic carbocycles. The third-order valence-electron chi connectivity index (χ3n) is 1.91. The van der Waals surface area contributed by atoms with E-state index in [1.54, 1.807) is 0 Å². The maximum atomic E-state index is 13.4. The Kier molecular flexibility index (Phi) is 3.82. The van der Waals surface area contributed by atoms with Gasteiger partial charge in [-0.25, -0.2) is 17.2 Å². The molecule has 16 heavy (non-hydrogen) atoms. The van der Waals surface area contributed by atoms with Gasteiger partial charge in [-0.15, -0.1) is 0 Å². The molecular weight excluding hydrogens is 238 g/mol. The van der Waals surface area contributed by atoms with Crippen LogP contribution in [-0.4, -0.2) is 27.8 Å². The Morgan fingerprint density at radius 2 is 2.00 bits per heavy atom. The quantitative estimate of drug-likeness (QED) is 0.855. The van der Waals surface area contributed by atoms with Gasteiger partial charge < -0.3 is 5.73 Å². The zero-order chi connectivity index (χ0) is 12.3. The lowest BCUT2D eigenvalue weighted by atomic mass is 10.3. The van der Waals surface area contributed by atoms with E-state index in [4.69, 9.17) is 5.73 Å². The second-order valence-corrected chi connectivity index (χ2v) is 5.13. The summed E-state index contributed by atoms with van der Waals surface area (Å²) in [6.45, 7) is -0.00866. The molecule has 0 heterocycles. The van der Waals surface area contributed by atoms with Crippen molar-refractivity contribution < 1.29 is 17.2 Å². The fourth-order valence-corrected chi connectivity index (χ4v) is 2.21. The first-order valence-electron chi connectivity index (χ1n) is 4.49. The number of hydrogen-bond donors (Lipinski definition) is 1. The molecule has 0 saturated carbocycles. The van der Waals surface area contributed by atoms with Crippen LogP contribution in [0.25, 0.3) is 0 Å². The highest BCUT2D eigenvalue weighted by molar-refractivity contribution is 7.92. The molecule has 1 aromatic carbocycles. The van der Waals surface area contributed by atoms with E-state index >= 15 is 0 Å². The van der Waals surface area contributed by atoms with Crippen molar-refractivity contribution in [1.29, 1.82) is 0 Å². The average Bonchev–Trinajstić information content (AvgIpc) is 2.13. The van der Waals surface area contributed by atoms with Crippen LogP contribution in [0.4, 0.5) is 14.5 Å². The van der Waals surface area contributed by atoms with Gasteiger partial charge in [-0.05, 0) is 12.1 Å². The molecule has 0 saturated heterocycles. The lowest BCUT2D eigenvalue weighted by Gasteiger charge is -2.21. The smallest absolute Gasteiger partial charge is 0.232 e. The van der Waals surface area contributed by atoms with E-state index in [1.807, 2.05) is 0 Å². The lowest BCUT2D eigenvalue weighted by Crippen LogP contribution is -2.35. The van der Waals surface area contributed by atoms with Crippen molar-refractivity contribution >= 4 is 15.7 Å². The van der Waals surface area contributed by atoms with Gasteiger partial charge in [0.05, 0.1) is 11.9 Å². The fourth-order valence-electron chi connectivity index (χ4n) is 1.27. The Bertz CT molecular complexity index is 476. The molecule has 0 aliphatic heterocycles. The molecule has 1 aromatic rings. The third-order valence-corrected chi connectivity index (χ3v) is 3.09. The molecule has 0 spiro atoms. The zero-order valence-corrected chi connectivity index (χ0v) is 9.47. The minimum absolute atomic E-state index is 0.0455. The van der Waals surface area contributed by atoms with Gasteiger partial charge in [-0.1, -0.05) is 0 Å². The molecule has 0 atom stereocenters. The van der Waals surface area contributed by atoms with E-state index in [9.17, 15) is 17.2 Å². The Labute approximate surface area is 92.7 Å². The van der Waals surface area contributed by atoms with Gasteiger partial charge in [0.1, 0.15) is 11.6 Å². The van der Waals surface area contributed by atoms with E-state index in [0.29, 0.717) is 6.07 Å². The van der Waals surface area contributed by atoms with Crippen LogP contribution in [0.2, 0.25) is 0 Å². The summed E-state index contributed by atoms with van der Waals surface area (Å²) in [5.74, 6) is -1.69. The summed E-state index contributed by atoms with van der Waals surface area (Å²) in [7, 11) is -3.62. The summed E-state index contributed by atoms with van der Waals surface area (Å²) in [6, 6.07) is 2.69. The molecule has 0 fully saturated rings. The van der Waals surface area contributed by atoms with Crippen LogP contribution in [0, 0.1) is 11.6 Å². The molecular formula is C9H12F2N2O2S. The van der Waals surface area contributed by atoms with E-state index < -0.39 is 21.7 Å². The number of anilines is 1. The Hall–Kier alpha value is -1.21. The highest BCUT2D eigenvalue weighted by Gasteiger charge is 2.20. The standard InChI is InChI=1S/C9H12F2N2O2S/c1-16(14,15)13(5-4-12)9-3-2-7(10)6-8(9)11/h2-3,6H,4-5,12H2,1H3. The fraction of sp³-hybridized carbons (Fsp3) is 0.333. The number of benzene rings is 1. The molecule has 90 valence electrons. The molecule has 0 aliphatic rings. The summed E-state index contributed by atoms with van der Waals surface area (Å²) >= 11 is 0. The van der Waals surface area contributed by atoms with Gasteiger partial charge >= 0.3 is 0 Å². The summed E-state index contributed by atoms with van der Waals surface area (Å²) < 4.78 is 49.6. The second kappa shape index (κ2) is 4.75. The molecule has 2 N–H and O–H groups in total.